The van der Waals surface area contributed by atoms with E-state index in [1.807, 2.05) is 0 Å². The van der Waals surface area contributed by atoms with Crippen LogP contribution in [0.5, 0.6) is 0 Å². The fourth-order valence-corrected chi connectivity index (χ4v) is 0.140. The van der Waals surface area contributed by atoms with Crippen LogP contribution in [-0.4, -0.2) is 19.1 Å². The van der Waals surface area contributed by atoms with Crippen LogP contribution in [0.25, 0.3) is 0 Å². The third-order valence-corrected chi connectivity index (χ3v) is 0.312. The molecule has 0 radical (unpaired) electrons. The quantitative estimate of drug-likeness (QED) is 0.375. The van der Waals surface area contributed by atoms with Gasteiger partial charge in [-0.25, -0.2) is 0 Å². The van der Waals surface area contributed by atoms with Gasteiger partial charge in [0.1, 0.15) is 0 Å². The smallest absolute Gasteiger partial charge is 0.0441 e. The van der Waals surface area contributed by atoms with Crippen molar-refractivity contribution in [2.24, 2.45) is 10.3 Å². The first-order valence-corrected chi connectivity index (χ1v) is 1.96. The highest BCUT2D eigenvalue weighted by atomic mass is 15.5. The molecular formula is C4H9N3. The molecule has 0 aromatic carbocycles. The number of nitrogens with zero attached hydrogens (tertiary/aromatic N) is 3. The monoisotopic (exact) mass is 99.1 g/mol. The van der Waals surface area contributed by atoms with Gasteiger partial charge in [0.2, 0.25) is 0 Å². The molecule has 3 nitrogen and oxygen atoms in total. The molecule has 0 aliphatic carbocycles. The Morgan fingerprint density at radius 3 is 2.29 bits per heavy atom. The summed E-state index contributed by atoms with van der Waals surface area (Å²) in [6.07, 6.45) is 1.39. The zero-order valence-electron chi connectivity index (χ0n) is 4.63. The Labute approximate surface area is 43.3 Å². The molecule has 0 N–H and O–H groups in total. The lowest BCUT2D eigenvalue weighted by Gasteiger charge is -1.96. The molecule has 0 aliphatic heterocycles. The molecule has 0 aliphatic rings. The molecule has 40 valence electrons. The predicted molar refractivity (Wildman–Crippen MR) is 28.7 cm³/mol. The van der Waals surface area contributed by atoms with Crippen molar-refractivity contribution in [3.8, 4) is 0 Å². The van der Waals surface area contributed by atoms with Gasteiger partial charge in [-0.2, -0.15) is 0 Å². The summed E-state index contributed by atoms with van der Waals surface area (Å²) in [5.41, 5.74) is 0. The first-order valence-electron chi connectivity index (χ1n) is 1.96. The molecule has 0 unspecified atom stereocenters. The summed E-state index contributed by atoms with van der Waals surface area (Å²) >= 11 is 0. The maximum atomic E-state index is 3.58. The van der Waals surface area contributed by atoms with Crippen molar-refractivity contribution in [2.45, 2.75) is 0 Å². The van der Waals surface area contributed by atoms with Crippen molar-refractivity contribution < 1.29 is 0 Å². The molecule has 0 aromatic rings. The van der Waals surface area contributed by atoms with Gasteiger partial charge in [0, 0.05) is 20.3 Å². The predicted octanol–water partition coefficient (Wildman–Crippen LogP) is 1.06. The number of rotatable bonds is 2. The lowest BCUT2D eigenvalue weighted by Crippen LogP contribution is -1.98. The number of hydrogen-bond acceptors (Lipinski definition) is 2. The van der Waals surface area contributed by atoms with Gasteiger partial charge in [-0.05, 0) is 0 Å². The lowest BCUT2D eigenvalue weighted by molar-refractivity contribution is 0.407. The van der Waals surface area contributed by atoms with E-state index in [4.69, 9.17) is 0 Å². The topological polar surface area (TPSA) is 28.0 Å². The van der Waals surface area contributed by atoms with E-state index in [9.17, 15) is 0 Å². The highest BCUT2D eigenvalue weighted by Crippen LogP contribution is 1.76. The molecule has 0 fully saturated rings. The Bertz CT molecular complexity index is 75.0. The van der Waals surface area contributed by atoms with Crippen LogP contribution in [0.1, 0.15) is 0 Å². The molecule has 0 saturated heterocycles. The maximum absolute atomic E-state index is 3.58. The number of hydrogen-bond donors (Lipinski definition) is 0. The second-order valence-electron chi connectivity index (χ2n) is 1.23. The van der Waals surface area contributed by atoms with Gasteiger partial charge >= 0.3 is 0 Å². The Hall–Kier alpha value is -0.860. The molecular weight excluding hydrogens is 90.1 g/mol. The van der Waals surface area contributed by atoms with Crippen LogP contribution in [0.2, 0.25) is 0 Å². The van der Waals surface area contributed by atoms with Crippen LogP contribution in [0.4, 0.5) is 0 Å². The van der Waals surface area contributed by atoms with Crippen LogP contribution >= 0.6 is 0 Å². The van der Waals surface area contributed by atoms with Crippen molar-refractivity contribution >= 4 is 0 Å². The second-order valence-corrected chi connectivity index (χ2v) is 1.23. The minimum atomic E-state index is 1.39. The van der Waals surface area contributed by atoms with Gasteiger partial charge in [-0.1, -0.05) is 11.8 Å². The van der Waals surface area contributed by atoms with E-state index in [0.717, 1.165) is 0 Å². The molecule has 0 saturated carbocycles. The zero-order chi connectivity index (χ0) is 5.70. The van der Waals surface area contributed by atoms with Crippen LogP contribution in [0.15, 0.2) is 23.1 Å². The van der Waals surface area contributed by atoms with Crippen molar-refractivity contribution in [3.63, 3.8) is 0 Å². The van der Waals surface area contributed by atoms with Gasteiger partial charge in [-0.3, -0.25) is 5.01 Å². The Kier molecular flexibility index (Phi) is 2.92. The van der Waals surface area contributed by atoms with Gasteiger partial charge in [0.15, 0.2) is 0 Å². The normalized spacial score (nSPS) is 9.43. The van der Waals surface area contributed by atoms with E-state index >= 15 is 0 Å². The van der Waals surface area contributed by atoms with Crippen LogP contribution in [0.3, 0.4) is 0 Å². The average molecular weight is 99.1 g/mol. The highest BCUT2D eigenvalue weighted by molar-refractivity contribution is 4.55. The fourth-order valence-electron chi connectivity index (χ4n) is 0.140. The summed E-state index contributed by atoms with van der Waals surface area (Å²) in [5, 5.41) is 8.67. The molecule has 0 heterocycles. The van der Waals surface area contributed by atoms with E-state index in [2.05, 4.69) is 16.9 Å². The SMILES string of the molecule is C=CN=NN(C)C. The molecule has 0 spiro atoms. The Morgan fingerprint density at radius 1 is 1.57 bits per heavy atom. The summed E-state index contributed by atoms with van der Waals surface area (Å²) < 4.78 is 0. The van der Waals surface area contributed by atoms with Crippen molar-refractivity contribution in [3.05, 3.63) is 12.8 Å². The molecule has 3 heteroatoms. The summed E-state index contributed by atoms with van der Waals surface area (Å²) in [7, 11) is 3.60. The molecule has 0 bridgehead atoms. The van der Waals surface area contributed by atoms with Gasteiger partial charge in [0.25, 0.3) is 0 Å². The zero-order valence-corrected chi connectivity index (χ0v) is 4.63. The van der Waals surface area contributed by atoms with Crippen LogP contribution in [0, 0.1) is 0 Å². The van der Waals surface area contributed by atoms with Gasteiger partial charge < -0.3 is 0 Å². The van der Waals surface area contributed by atoms with Crippen LogP contribution < -0.4 is 0 Å². The summed E-state index contributed by atoms with van der Waals surface area (Å²) in [6.45, 7) is 3.35. The fraction of sp³-hybridized carbons (Fsp3) is 0.500. The van der Waals surface area contributed by atoms with E-state index < -0.39 is 0 Å². The molecule has 0 rings (SSSR count). The second kappa shape index (κ2) is 3.33. The minimum absolute atomic E-state index is 1.39. The van der Waals surface area contributed by atoms with E-state index in [1.165, 1.54) is 6.20 Å². The molecule has 7 heavy (non-hydrogen) atoms. The Morgan fingerprint density at radius 2 is 2.14 bits per heavy atom. The van der Waals surface area contributed by atoms with Crippen molar-refractivity contribution in [1.29, 1.82) is 0 Å². The molecule has 0 aromatic heterocycles. The standard InChI is InChI=1S/C4H9N3/c1-4-5-6-7(2)3/h4H,1H2,2-3H3. The third-order valence-electron chi connectivity index (χ3n) is 0.312. The van der Waals surface area contributed by atoms with Crippen LogP contribution in [-0.2, 0) is 0 Å². The van der Waals surface area contributed by atoms with Crippen molar-refractivity contribution in [2.75, 3.05) is 14.1 Å². The largest absolute Gasteiger partial charge is 0.285 e. The highest BCUT2D eigenvalue weighted by Gasteiger charge is 1.69. The third kappa shape index (κ3) is 5.14. The van der Waals surface area contributed by atoms with E-state index in [1.54, 1.807) is 19.1 Å². The molecule has 0 amide bonds. The Balaban J connectivity index is 3.25. The lowest BCUT2D eigenvalue weighted by atomic mass is 11.1. The van der Waals surface area contributed by atoms with E-state index in [-0.39, 0.29) is 0 Å². The summed E-state index contributed by atoms with van der Waals surface area (Å²) in [5.74, 6) is 0. The average Bonchev–Trinajstić information content (AvgIpc) is 1.61. The first-order chi connectivity index (χ1) is 3.27. The van der Waals surface area contributed by atoms with E-state index in [0.29, 0.717) is 0 Å². The summed E-state index contributed by atoms with van der Waals surface area (Å²) in [4.78, 5) is 0. The minimum Gasteiger partial charge on any atom is -0.285 e. The first kappa shape index (κ1) is 6.14. The maximum Gasteiger partial charge on any atom is 0.0441 e. The van der Waals surface area contributed by atoms with Gasteiger partial charge in [0.05, 0.1) is 0 Å². The van der Waals surface area contributed by atoms with Crippen molar-refractivity contribution in [1.82, 2.24) is 5.01 Å². The van der Waals surface area contributed by atoms with Gasteiger partial charge in [-0.15, -0.1) is 5.11 Å². The summed E-state index contributed by atoms with van der Waals surface area (Å²) in [6, 6.07) is 0. The molecule has 0 atom stereocenters.